The van der Waals surface area contributed by atoms with Gasteiger partial charge in [0.05, 0.1) is 0 Å². The molecule has 0 fully saturated rings. The minimum atomic E-state index is -0.266. The van der Waals surface area contributed by atoms with Crippen molar-refractivity contribution in [3.63, 3.8) is 0 Å². The number of rotatable bonds is 6. The molecule has 0 rings (SSSR count). The molecule has 1 unspecified atom stereocenters. The molecule has 0 aromatic carbocycles. The van der Waals surface area contributed by atoms with Crippen LogP contribution in [0.15, 0.2) is 0 Å². The fraction of sp³-hybridized carbons (Fsp3) is 0.929. The average Bonchev–Trinajstić information content (AvgIpc) is 1.95. The van der Waals surface area contributed by atoms with Crippen LogP contribution in [0.3, 0.4) is 0 Å². The Balaban J connectivity index is 4.36. The van der Waals surface area contributed by atoms with Crippen LogP contribution in [0.4, 0.5) is 0 Å². The van der Waals surface area contributed by atoms with E-state index in [0.29, 0.717) is 5.92 Å². The zero-order valence-electron chi connectivity index (χ0n) is 12.6. The Labute approximate surface area is 107 Å². The number of hydrogen-bond donors (Lipinski definition) is 2. The van der Waals surface area contributed by atoms with E-state index in [9.17, 15) is 4.79 Å². The Morgan fingerprint density at radius 3 is 2.00 bits per heavy atom. The van der Waals surface area contributed by atoms with Gasteiger partial charge in [-0.15, -0.1) is 0 Å². The van der Waals surface area contributed by atoms with Crippen LogP contribution in [0.5, 0.6) is 0 Å². The highest BCUT2D eigenvalue weighted by atomic mass is 16.2. The van der Waals surface area contributed by atoms with Crippen molar-refractivity contribution < 1.29 is 4.79 Å². The Bertz CT molecular complexity index is 251. The first-order chi connectivity index (χ1) is 7.43. The summed E-state index contributed by atoms with van der Waals surface area (Å²) in [5.41, 5.74) is 5.49. The molecule has 1 amide bonds. The van der Waals surface area contributed by atoms with Gasteiger partial charge in [-0.3, -0.25) is 4.79 Å². The molecule has 102 valence electrons. The number of nitrogens with two attached hydrogens (primary N) is 1. The van der Waals surface area contributed by atoms with Gasteiger partial charge in [0.2, 0.25) is 5.91 Å². The van der Waals surface area contributed by atoms with Crippen molar-refractivity contribution in [2.24, 2.45) is 17.6 Å². The van der Waals surface area contributed by atoms with Crippen molar-refractivity contribution in [2.75, 3.05) is 0 Å². The molecular formula is C14H30N2O. The zero-order chi connectivity index (χ0) is 13.9. The maximum atomic E-state index is 12.0. The van der Waals surface area contributed by atoms with Crippen molar-refractivity contribution in [3.05, 3.63) is 0 Å². The lowest BCUT2D eigenvalue weighted by atomic mass is 9.87. The van der Waals surface area contributed by atoms with Gasteiger partial charge in [0, 0.05) is 17.0 Å². The fourth-order valence-corrected chi connectivity index (χ4v) is 2.45. The number of amides is 1. The molecule has 0 heterocycles. The summed E-state index contributed by atoms with van der Waals surface area (Å²) in [7, 11) is 0. The average molecular weight is 242 g/mol. The molecule has 0 bridgehead atoms. The molecule has 0 radical (unpaired) electrons. The summed E-state index contributed by atoms with van der Waals surface area (Å²) >= 11 is 0. The minimum absolute atomic E-state index is 0.0650. The predicted molar refractivity (Wildman–Crippen MR) is 73.7 cm³/mol. The van der Waals surface area contributed by atoms with E-state index >= 15 is 0 Å². The van der Waals surface area contributed by atoms with Gasteiger partial charge in [0.1, 0.15) is 0 Å². The molecule has 0 saturated heterocycles. The van der Waals surface area contributed by atoms with Crippen LogP contribution < -0.4 is 11.1 Å². The first kappa shape index (κ1) is 16.4. The van der Waals surface area contributed by atoms with Crippen LogP contribution in [0.25, 0.3) is 0 Å². The molecule has 3 heteroatoms. The molecular weight excluding hydrogens is 212 g/mol. The fourth-order valence-electron chi connectivity index (χ4n) is 2.45. The molecule has 0 aliphatic rings. The monoisotopic (exact) mass is 242 g/mol. The molecule has 3 nitrogen and oxygen atoms in total. The highest BCUT2D eigenvalue weighted by Gasteiger charge is 2.28. The second-order valence-corrected chi connectivity index (χ2v) is 7.07. The normalized spacial score (nSPS) is 14.9. The van der Waals surface area contributed by atoms with E-state index in [1.165, 1.54) is 0 Å². The lowest BCUT2D eigenvalue weighted by molar-refractivity contribution is -0.126. The quantitative estimate of drug-likeness (QED) is 0.752. The first-order valence-electron chi connectivity index (χ1n) is 6.54. The van der Waals surface area contributed by atoms with Crippen molar-refractivity contribution >= 4 is 5.91 Å². The summed E-state index contributed by atoms with van der Waals surface area (Å²) in [5.74, 6) is 0.743. The third-order valence-electron chi connectivity index (χ3n) is 2.63. The van der Waals surface area contributed by atoms with Crippen LogP contribution in [-0.2, 0) is 4.79 Å². The van der Waals surface area contributed by atoms with E-state index in [1.54, 1.807) is 0 Å². The van der Waals surface area contributed by atoms with Crippen LogP contribution in [0.1, 0.15) is 61.3 Å². The van der Waals surface area contributed by atoms with Gasteiger partial charge in [-0.25, -0.2) is 0 Å². The largest absolute Gasteiger partial charge is 0.351 e. The molecule has 0 aromatic heterocycles. The third kappa shape index (κ3) is 8.19. The summed E-state index contributed by atoms with van der Waals surface area (Å²) < 4.78 is 0. The Hall–Kier alpha value is -0.570. The lowest BCUT2D eigenvalue weighted by Crippen LogP contribution is -2.51. The van der Waals surface area contributed by atoms with E-state index in [-0.39, 0.29) is 22.9 Å². The summed E-state index contributed by atoms with van der Waals surface area (Å²) in [6, 6.07) is 0. The summed E-state index contributed by atoms with van der Waals surface area (Å²) in [5, 5.41) is 3.10. The topological polar surface area (TPSA) is 55.1 Å². The maximum absolute atomic E-state index is 12.0. The number of carbonyl (C=O) groups is 1. The highest BCUT2D eigenvalue weighted by Crippen LogP contribution is 2.19. The van der Waals surface area contributed by atoms with E-state index in [0.717, 1.165) is 12.8 Å². The molecule has 0 aliphatic carbocycles. The molecule has 0 saturated carbocycles. The minimum Gasteiger partial charge on any atom is -0.351 e. The Morgan fingerprint density at radius 2 is 1.65 bits per heavy atom. The maximum Gasteiger partial charge on any atom is 0.223 e. The Morgan fingerprint density at radius 1 is 1.18 bits per heavy atom. The number of nitrogens with one attached hydrogen (secondary N) is 1. The molecule has 0 spiro atoms. The zero-order valence-corrected chi connectivity index (χ0v) is 12.6. The molecule has 3 N–H and O–H groups in total. The molecule has 0 aromatic rings. The van der Waals surface area contributed by atoms with Gasteiger partial charge in [-0.2, -0.15) is 0 Å². The van der Waals surface area contributed by atoms with E-state index in [2.05, 4.69) is 19.2 Å². The van der Waals surface area contributed by atoms with Gasteiger partial charge < -0.3 is 11.1 Å². The van der Waals surface area contributed by atoms with Crippen molar-refractivity contribution in [2.45, 2.75) is 72.4 Å². The highest BCUT2D eigenvalue weighted by molar-refractivity contribution is 5.79. The van der Waals surface area contributed by atoms with Crippen LogP contribution in [-0.4, -0.2) is 17.0 Å². The smallest absolute Gasteiger partial charge is 0.223 e. The molecule has 17 heavy (non-hydrogen) atoms. The van der Waals surface area contributed by atoms with Gasteiger partial charge >= 0.3 is 0 Å². The first-order valence-corrected chi connectivity index (χ1v) is 6.54. The second-order valence-electron chi connectivity index (χ2n) is 7.07. The van der Waals surface area contributed by atoms with Crippen LogP contribution >= 0.6 is 0 Å². The van der Waals surface area contributed by atoms with E-state index < -0.39 is 0 Å². The van der Waals surface area contributed by atoms with Gasteiger partial charge in [-0.05, 0) is 46.5 Å². The van der Waals surface area contributed by atoms with Crippen LogP contribution in [0.2, 0.25) is 0 Å². The van der Waals surface area contributed by atoms with Gasteiger partial charge in [-0.1, -0.05) is 20.8 Å². The summed E-state index contributed by atoms with van der Waals surface area (Å²) in [6.45, 7) is 14.3. The summed E-state index contributed by atoms with van der Waals surface area (Å²) in [6.07, 6.45) is 1.69. The number of hydrogen-bond acceptors (Lipinski definition) is 2. The summed E-state index contributed by atoms with van der Waals surface area (Å²) in [4.78, 5) is 12.0. The lowest BCUT2D eigenvalue weighted by Gasteiger charge is -2.34. The molecule has 0 aliphatic heterocycles. The van der Waals surface area contributed by atoms with Crippen LogP contribution in [0, 0.1) is 11.8 Å². The van der Waals surface area contributed by atoms with Gasteiger partial charge in [0.15, 0.2) is 0 Å². The van der Waals surface area contributed by atoms with Crippen molar-refractivity contribution in [3.8, 4) is 0 Å². The molecule has 1 atom stereocenters. The van der Waals surface area contributed by atoms with E-state index in [1.807, 2.05) is 34.6 Å². The SMILES string of the molecule is CC(C)CC(C)C(=O)NC(C)(C)CC(C)(C)N. The second kappa shape index (κ2) is 5.85. The van der Waals surface area contributed by atoms with Gasteiger partial charge in [0.25, 0.3) is 0 Å². The van der Waals surface area contributed by atoms with Crippen molar-refractivity contribution in [1.82, 2.24) is 5.32 Å². The number of carbonyl (C=O) groups excluding carboxylic acids is 1. The Kier molecular flexibility index (Phi) is 5.66. The van der Waals surface area contributed by atoms with E-state index in [4.69, 9.17) is 5.73 Å². The van der Waals surface area contributed by atoms with Crippen molar-refractivity contribution in [1.29, 1.82) is 0 Å². The third-order valence-corrected chi connectivity index (χ3v) is 2.63. The standard InChI is InChI=1S/C14H30N2O/c1-10(2)8-11(3)12(17)16-14(6,7)9-13(4,5)15/h10-11H,8-9,15H2,1-7H3,(H,16,17). The predicted octanol–water partition coefficient (Wildman–Crippen LogP) is 2.69.